The van der Waals surface area contributed by atoms with E-state index in [1.54, 1.807) is 12.4 Å². The molecule has 0 saturated heterocycles. The maximum atomic E-state index is 11.1. The lowest BCUT2D eigenvalue weighted by molar-refractivity contribution is -0.144. The Morgan fingerprint density at radius 3 is 3.00 bits per heavy atom. The Labute approximate surface area is 95.6 Å². The van der Waals surface area contributed by atoms with Crippen LogP contribution in [0, 0.1) is 5.41 Å². The van der Waals surface area contributed by atoms with Crippen molar-refractivity contribution in [1.29, 1.82) is 0 Å². The average molecular weight is 234 g/mol. The summed E-state index contributed by atoms with van der Waals surface area (Å²) >= 11 is 0. The van der Waals surface area contributed by atoms with Gasteiger partial charge in [-0.05, 0) is 23.3 Å². The highest BCUT2D eigenvalue weighted by atomic mass is 16.4. The zero-order chi connectivity index (χ0) is 11.9. The topological polar surface area (TPSA) is 110 Å². The maximum Gasteiger partial charge on any atom is 0.311 e. The molecule has 2 heterocycles. The van der Waals surface area contributed by atoms with Crippen LogP contribution in [0.15, 0.2) is 12.4 Å². The molecule has 0 aromatic carbocycles. The molecule has 0 spiro atoms. The maximum absolute atomic E-state index is 11.1. The molecule has 1 aliphatic carbocycles. The summed E-state index contributed by atoms with van der Waals surface area (Å²) in [4.78, 5) is 11.1. The van der Waals surface area contributed by atoms with E-state index in [4.69, 9.17) is 5.11 Å². The number of hydrogen-bond donors (Lipinski definition) is 2. The van der Waals surface area contributed by atoms with E-state index in [0.29, 0.717) is 25.2 Å². The quantitative estimate of drug-likeness (QED) is 0.766. The van der Waals surface area contributed by atoms with Crippen LogP contribution in [0.25, 0.3) is 11.4 Å². The Hall–Kier alpha value is -2.25. The first-order valence-corrected chi connectivity index (χ1v) is 5.20. The third-order valence-electron chi connectivity index (χ3n) is 3.05. The highest BCUT2D eigenvalue weighted by Crippen LogP contribution is 2.47. The van der Waals surface area contributed by atoms with Gasteiger partial charge in [0.2, 0.25) is 0 Å². The van der Waals surface area contributed by atoms with Crippen molar-refractivity contribution in [1.82, 2.24) is 30.4 Å². The lowest BCUT2D eigenvalue weighted by atomic mass is 10.1. The Balaban J connectivity index is 1.90. The minimum Gasteiger partial charge on any atom is -0.481 e. The van der Waals surface area contributed by atoms with Crippen LogP contribution in [0.4, 0.5) is 0 Å². The Kier molecular flexibility index (Phi) is 1.97. The van der Waals surface area contributed by atoms with Crippen molar-refractivity contribution in [2.45, 2.75) is 19.4 Å². The molecule has 2 aromatic heterocycles. The second-order valence-corrected chi connectivity index (χ2v) is 4.23. The van der Waals surface area contributed by atoms with Gasteiger partial charge in [-0.15, -0.1) is 5.10 Å². The number of carboxylic acids is 1. The van der Waals surface area contributed by atoms with Crippen molar-refractivity contribution in [2.75, 3.05) is 0 Å². The summed E-state index contributed by atoms with van der Waals surface area (Å²) < 4.78 is 1.52. The summed E-state index contributed by atoms with van der Waals surface area (Å²) in [5.41, 5.74) is 0.0598. The summed E-state index contributed by atoms with van der Waals surface area (Å²) in [7, 11) is 0. The van der Waals surface area contributed by atoms with Gasteiger partial charge in [0.1, 0.15) is 0 Å². The van der Waals surface area contributed by atoms with Crippen LogP contribution in [0.5, 0.6) is 0 Å². The Morgan fingerprint density at radius 1 is 1.59 bits per heavy atom. The summed E-state index contributed by atoms with van der Waals surface area (Å²) in [6, 6.07) is 0. The van der Waals surface area contributed by atoms with E-state index < -0.39 is 11.4 Å². The fourth-order valence-corrected chi connectivity index (χ4v) is 1.77. The molecule has 88 valence electrons. The molecular formula is C9H10N6O2. The van der Waals surface area contributed by atoms with E-state index >= 15 is 0 Å². The van der Waals surface area contributed by atoms with Gasteiger partial charge in [-0.1, -0.05) is 0 Å². The highest BCUT2D eigenvalue weighted by molar-refractivity contribution is 5.77. The normalized spacial score (nSPS) is 16.9. The van der Waals surface area contributed by atoms with Crippen LogP contribution in [0.3, 0.4) is 0 Å². The number of rotatable bonds is 4. The minimum atomic E-state index is -0.786. The Bertz CT molecular complexity index is 542. The third-order valence-corrected chi connectivity index (χ3v) is 3.05. The van der Waals surface area contributed by atoms with Crippen molar-refractivity contribution in [3.8, 4) is 11.4 Å². The van der Waals surface area contributed by atoms with Crippen LogP contribution in [0.1, 0.15) is 12.8 Å². The summed E-state index contributed by atoms with van der Waals surface area (Å²) in [5.74, 6) is -0.252. The standard InChI is InChI=1S/C9H10N6O2/c16-8(17)9(1-2-9)5-15-7(12-13-14-15)6-3-10-11-4-6/h3-4H,1-2,5H2,(H,10,11)(H,16,17). The minimum absolute atomic E-state index is 0.301. The van der Waals surface area contributed by atoms with E-state index in [2.05, 4.69) is 25.7 Å². The van der Waals surface area contributed by atoms with Crippen LogP contribution in [-0.4, -0.2) is 41.5 Å². The number of H-pyrrole nitrogens is 1. The first-order valence-electron chi connectivity index (χ1n) is 5.20. The molecule has 1 aliphatic rings. The molecule has 8 nitrogen and oxygen atoms in total. The molecular weight excluding hydrogens is 224 g/mol. The van der Waals surface area contributed by atoms with Crippen molar-refractivity contribution in [3.05, 3.63) is 12.4 Å². The van der Waals surface area contributed by atoms with Gasteiger partial charge in [-0.3, -0.25) is 9.89 Å². The Morgan fingerprint density at radius 2 is 2.41 bits per heavy atom. The highest BCUT2D eigenvalue weighted by Gasteiger charge is 2.51. The molecule has 0 atom stereocenters. The molecule has 0 aliphatic heterocycles. The predicted molar refractivity (Wildman–Crippen MR) is 54.7 cm³/mol. The molecule has 17 heavy (non-hydrogen) atoms. The van der Waals surface area contributed by atoms with E-state index in [1.807, 2.05) is 0 Å². The van der Waals surface area contributed by atoms with Gasteiger partial charge in [0.25, 0.3) is 0 Å². The van der Waals surface area contributed by atoms with Crippen molar-refractivity contribution >= 4 is 5.97 Å². The molecule has 1 fully saturated rings. The molecule has 0 amide bonds. The fourth-order valence-electron chi connectivity index (χ4n) is 1.77. The lowest BCUT2D eigenvalue weighted by Crippen LogP contribution is -2.22. The predicted octanol–water partition coefficient (Wildman–Crippen LogP) is -0.0720. The van der Waals surface area contributed by atoms with E-state index in [-0.39, 0.29) is 0 Å². The fraction of sp³-hybridized carbons (Fsp3) is 0.444. The number of nitrogens with zero attached hydrogens (tertiary/aromatic N) is 5. The van der Waals surface area contributed by atoms with E-state index in [9.17, 15) is 4.79 Å². The first kappa shape index (κ1) is 9.94. The van der Waals surface area contributed by atoms with Crippen molar-refractivity contribution in [2.24, 2.45) is 5.41 Å². The number of carbonyl (C=O) groups is 1. The zero-order valence-corrected chi connectivity index (χ0v) is 8.87. The molecule has 3 rings (SSSR count). The summed E-state index contributed by atoms with van der Waals surface area (Å²) in [6.07, 6.45) is 4.62. The third kappa shape index (κ3) is 1.57. The molecule has 0 bridgehead atoms. The number of nitrogens with one attached hydrogen (secondary N) is 1. The van der Waals surface area contributed by atoms with E-state index in [0.717, 1.165) is 5.56 Å². The van der Waals surface area contributed by atoms with Gasteiger partial charge in [0.05, 0.1) is 23.7 Å². The van der Waals surface area contributed by atoms with E-state index in [1.165, 1.54) is 4.68 Å². The zero-order valence-electron chi connectivity index (χ0n) is 8.87. The first-order chi connectivity index (χ1) is 8.21. The smallest absolute Gasteiger partial charge is 0.311 e. The second-order valence-electron chi connectivity index (χ2n) is 4.23. The monoisotopic (exact) mass is 234 g/mol. The second kappa shape index (κ2) is 3.37. The molecule has 1 saturated carbocycles. The van der Waals surface area contributed by atoms with Crippen LogP contribution < -0.4 is 0 Å². The number of tetrazole rings is 1. The number of aromatic nitrogens is 6. The van der Waals surface area contributed by atoms with Gasteiger partial charge in [-0.25, -0.2) is 4.68 Å². The summed E-state index contributed by atoms with van der Waals surface area (Å²) in [6.45, 7) is 0.301. The van der Waals surface area contributed by atoms with Crippen molar-refractivity contribution < 1.29 is 9.90 Å². The molecule has 8 heteroatoms. The summed E-state index contributed by atoms with van der Waals surface area (Å²) in [5, 5.41) is 26.9. The molecule has 0 radical (unpaired) electrons. The van der Waals surface area contributed by atoms with Crippen LogP contribution >= 0.6 is 0 Å². The van der Waals surface area contributed by atoms with Crippen LogP contribution in [0.2, 0.25) is 0 Å². The van der Waals surface area contributed by atoms with Gasteiger partial charge >= 0.3 is 5.97 Å². The average Bonchev–Trinajstić information content (AvgIpc) is 2.75. The molecule has 2 N–H and O–H groups in total. The van der Waals surface area contributed by atoms with Gasteiger partial charge < -0.3 is 5.11 Å². The number of aromatic amines is 1. The van der Waals surface area contributed by atoms with Gasteiger partial charge in [-0.2, -0.15) is 5.10 Å². The number of carboxylic acid groups (broad SMARTS) is 1. The molecule has 2 aromatic rings. The SMILES string of the molecule is O=C(O)C1(Cn2nnnc2-c2cn[nH]c2)CC1. The largest absolute Gasteiger partial charge is 0.481 e. The number of aliphatic carboxylic acids is 1. The van der Waals surface area contributed by atoms with Crippen molar-refractivity contribution in [3.63, 3.8) is 0 Å². The lowest BCUT2D eigenvalue weighted by Gasteiger charge is -2.09. The molecule has 0 unspecified atom stereocenters. The van der Waals surface area contributed by atoms with Gasteiger partial charge in [0, 0.05) is 6.20 Å². The van der Waals surface area contributed by atoms with Crippen LogP contribution in [-0.2, 0) is 11.3 Å². The number of hydrogen-bond acceptors (Lipinski definition) is 5. The van der Waals surface area contributed by atoms with Gasteiger partial charge in [0.15, 0.2) is 5.82 Å².